The molecule has 1 aliphatic rings. The van der Waals surface area contributed by atoms with E-state index in [0.29, 0.717) is 12.2 Å². The maximum Gasteiger partial charge on any atom is 0.309 e. The Labute approximate surface area is 130 Å². The maximum atomic E-state index is 10.7. The highest BCUT2D eigenvalue weighted by Gasteiger charge is 2.21. The molecule has 0 aliphatic carbocycles. The van der Waals surface area contributed by atoms with Crippen LogP contribution < -0.4 is 5.32 Å². The molecule has 1 N–H and O–H groups in total. The number of piperidine rings is 1. The van der Waals surface area contributed by atoms with Crippen molar-refractivity contribution >= 4 is 12.2 Å². The second-order valence-corrected chi connectivity index (χ2v) is 6.16. The molecule has 1 fully saturated rings. The van der Waals surface area contributed by atoms with Crippen LogP contribution in [0.15, 0.2) is 6.20 Å². The van der Waals surface area contributed by atoms with Crippen molar-refractivity contribution in [3.8, 4) is 0 Å². The fourth-order valence-electron chi connectivity index (χ4n) is 2.04. The van der Waals surface area contributed by atoms with Gasteiger partial charge < -0.3 is 10.1 Å². The van der Waals surface area contributed by atoms with Gasteiger partial charge in [0.25, 0.3) is 6.47 Å². The van der Waals surface area contributed by atoms with E-state index in [9.17, 15) is 14.9 Å². The summed E-state index contributed by atoms with van der Waals surface area (Å²) in [5.74, 6) is 0. The number of aromatic nitrogens is 2. The van der Waals surface area contributed by atoms with Gasteiger partial charge in [0.2, 0.25) is 0 Å². The third-order valence-electron chi connectivity index (χ3n) is 3.13. The molecule has 1 atom stereocenters. The molecule has 8 heteroatoms. The molecule has 0 spiro atoms. The van der Waals surface area contributed by atoms with Gasteiger partial charge in [0.05, 0.1) is 11.0 Å². The van der Waals surface area contributed by atoms with E-state index >= 15 is 0 Å². The zero-order valence-corrected chi connectivity index (χ0v) is 13.5. The van der Waals surface area contributed by atoms with Crippen LogP contribution in [-0.4, -0.2) is 39.9 Å². The molecule has 22 heavy (non-hydrogen) atoms. The Bertz CT molecular complexity index is 501. The molecule has 1 aromatic rings. The fraction of sp³-hybridized carbons (Fsp3) is 0.714. The summed E-state index contributed by atoms with van der Waals surface area (Å²) in [7, 11) is 0. The maximum absolute atomic E-state index is 10.7. The van der Waals surface area contributed by atoms with Crippen molar-refractivity contribution in [2.24, 2.45) is 0 Å². The Morgan fingerprint density at radius 3 is 2.59 bits per heavy atom. The van der Waals surface area contributed by atoms with Gasteiger partial charge in [-0.25, -0.2) is 0 Å². The lowest BCUT2D eigenvalue weighted by molar-refractivity contribution is -0.385. The Hall–Kier alpha value is -1.96. The van der Waals surface area contributed by atoms with Crippen molar-refractivity contribution in [1.29, 1.82) is 0 Å². The second kappa shape index (κ2) is 7.88. The van der Waals surface area contributed by atoms with Gasteiger partial charge in [-0.3, -0.25) is 19.6 Å². The van der Waals surface area contributed by atoms with Crippen LogP contribution in [0.5, 0.6) is 0 Å². The largest absolute Gasteiger partial charge is 0.462 e. The molecule has 1 aromatic heterocycles. The first-order valence-electron chi connectivity index (χ1n) is 7.27. The van der Waals surface area contributed by atoms with E-state index < -0.39 is 0 Å². The van der Waals surface area contributed by atoms with E-state index in [4.69, 9.17) is 0 Å². The lowest BCUT2D eigenvalue weighted by Crippen LogP contribution is -2.31. The van der Waals surface area contributed by atoms with Crippen LogP contribution in [0.1, 0.15) is 45.3 Å². The number of aryl methyl sites for hydroxylation is 1. The summed E-state index contributed by atoms with van der Waals surface area (Å²) in [6.45, 7) is 9.46. The minimum absolute atomic E-state index is 0.112. The van der Waals surface area contributed by atoms with Gasteiger partial charge >= 0.3 is 5.69 Å². The van der Waals surface area contributed by atoms with E-state index in [1.54, 1.807) is 11.6 Å². The number of carbonyl (C=O) groups is 1. The molecule has 2 rings (SSSR count). The number of rotatable bonds is 3. The average molecular weight is 312 g/mol. The summed E-state index contributed by atoms with van der Waals surface area (Å²) < 4.78 is 6.27. The molecular formula is C14H24N4O4. The quantitative estimate of drug-likeness (QED) is 0.520. The molecule has 8 nitrogen and oxygen atoms in total. The first kappa shape index (κ1) is 18.1. The summed E-state index contributed by atoms with van der Waals surface area (Å²) >= 11 is 0. The van der Waals surface area contributed by atoms with E-state index in [2.05, 4.69) is 15.2 Å². The van der Waals surface area contributed by atoms with Gasteiger partial charge in [-0.1, -0.05) is 0 Å². The van der Waals surface area contributed by atoms with Crippen LogP contribution in [0.2, 0.25) is 0 Å². The number of carbonyl (C=O) groups excluding carboxylic acids is 1. The topological polar surface area (TPSA) is 99.3 Å². The normalized spacial score (nSPS) is 18.1. The molecule has 2 heterocycles. The summed E-state index contributed by atoms with van der Waals surface area (Å²) in [4.78, 5) is 19.9. The van der Waals surface area contributed by atoms with Crippen LogP contribution in [0.3, 0.4) is 0 Å². The lowest BCUT2D eigenvalue weighted by atomic mass is 10.1. The highest BCUT2D eigenvalue weighted by molar-refractivity contribution is 5.37. The summed E-state index contributed by atoms with van der Waals surface area (Å²) in [6, 6.07) is 0.256. The third kappa shape index (κ3) is 5.80. The molecule has 0 saturated carbocycles. The average Bonchev–Trinajstić information content (AvgIpc) is 2.81. The molecule has 0 bridgehead atoms. The number of hydrogen-bond donors (Lipinski definition) is 1. The predicted octanol–water partition coefficient (Wildman–Crippen LogP) is 1.98. The number of nitrogens with zero attached hydrogens (tertiary/aromatic N) is 3. The van der Waals surface area contributed by atoms with Crippen molar-refractivity contribution in [3.05, 3.63) is 22.0 Å². The van der Waals surface area contributed by atoms with Crippen molar-refractivity contribution < 1.29 is 14.5 Å². The number of nitro groups is 1. The van der Waals surface area contributed by atoms with Crippen molar-refractivity contribution in [2.75, 3.05) is 13.1 Å². The highest BCUT2D eigenvalue weighted by atomic mass is 16.6. The lowest BCUT2D eigenvalue weighted by Gasteiger charge is -2.22. The van der Waals surface area contributed by atoms with E-state index in [1.165, 1.54) is 6.20 Å². The zero-order chi connectivity index (χ0) is 16.8. The Morgan fingerprint density at radius 2 is 2.23 bits per heavy atom. The molecule has 1 unspecified atom stereocenters. The summed E-state index contributed by atoms with van der Waals surface area (Å²) in [6.07, 6.45) is 3.66. The van der Waals surface area contributed by atoms with Gasteiger partial charge in [-0.15, -0.1) is 0 Å². The zero-order valence-electron chi connectivity index (χ0n) is 13.5. The van der Waals surface area contributed by atoms with Gasteiger partial charge in [0.1, 0.15) is 17.5 Å². The van der Waals surface area contributed by atoms with Crippen LogP contribution in [0.25, 0.3) is 0 Å². The Morgan fingerprint density at radius 1 is 1.55 bits per heavy atom. The van der Waals surface area contributed by atoms with Gasteiger partial charge in [-0.05, 0) is 47.1 Å². The van der Waals surface area contributed by atoms with Crippen LogP contribution >= 0.6 is 0 Å². The SMILES string of the molecule is CC(C)(C)OC=O.Cc1nn(C2CCCNC2)cc1[N+](=O)[O-]. The van der Waals surface area contributed by atoms with Crippen LogP contribution in [0.4, 0.5) is 5.69 Å². The molecule has 1 saturated heterocycles. The third-order valence-corrected chi connectivity index (χ3v) is 3.13. The van der Waals surface area contributed by atoms with Crippen molar-refractivity contribution in [1.82, 2.24) is 15.1 Å². The Balaban J connectivity index is 0.000000295. The van der Waals surface area contributed by atoms with Gasteiger partial charge in [0.15, 0.2) is 0 Å². The van der Waals surface area contributed by atoms with E-state index in [-0.39, 0.29) is 22.3 Å². The highest BCUT2D eigenvalue weighted by Crippen LogP contribution is 2.21. The first-order chi connectivity index (χ1) is 10.2. The summed E-state index contributed by atoms with van der Waals surface area (Å²) in [5.41, 5.74) is 0.285. The molecule has 0 amide bonds. The van der Waals surface area contributed by atoms with Gasteiger partial charge in [0, 0.05) is 6.54 Å². The van der Waals surface area contributed by atoms with Crippen LogP contribution in [0, 0.1) is 17.0 Å². The van der Waals surface area contributed by atoms with Crippen molar-refractivity contribution in [3.63, 3.8) is 0 Å². The molecule has 124 valence electrons. The minimum Gasteiger partial charge on any atom is -0.462 e. The van der Waals surface area contributed by atoms with Crippen molar-refractivity contribution in [2.45, 2.75) is 52.2 Å². The van der Waals surface area contributed by atoms with Gasteiger partial charge in [-0.2, -0.15) is 5.10 Å². The molecular weight excluding hydrogens is 288 g/mol. The predicted molar refractivity (Wildman–Crippen MR) is 81.7 cm³/mol. The minimum atomic E-state index is -0.380. The van der Waals surface area contributed by atoms with Crippen LogP contribution in [-0.2, 0) is 9.53 Å². The summed E-state index contributed by atoms with van der Waals surface area (Å²) in [5, 5.41) is 18.1. The molecule has 0 aromatic carbocycles. The Kier molecular flexibility index (Phi) is 6.48. The smallest absolute Gasteiger partial charge is 0.309 e. The molecule has 1 aliphatic heterocycles. The number of hydrogen-bond acceptors (Lipinski definition) is 6. The van der Waals surface area contributed by atoms with E-state index in [1.807, 2.05) is 20.8 Å². The van der Waals surface area contributed by atoms with E-state index in [0.717, 1.165) is 25.9 Å². The second-order valence-electron chi connectivity index (χ2n) is 6.16. The fourth-order valence-corrected chi connectivity index (χ4v) is 2.04. The number of nitrogens with one attached hydrogen (secondary N) is 1. The molecule has 0 radical (unpaired) electrons. The first-order valence-corrected chi connectivity index (χ1v) is 7.27. The number of ether oxygens (including phenoxy) is 1. The monoisotopic (exact) mass is 312 g/mol. The standard InChI is InChI=1S/C9H14N4O2.C5H10O2/c1-7-9(13(14)15)6-12(11-7)8-3-2-4-10-5-8;1-5(2,3)7-4-6/h6,8,10H,2-5H2,1H3;4H,1-3H3.